The molecular weight excluding hydrogens is 356 g/mol. The molecule has 0 aliphatic heterocycles. The average Bonchev–Trinajstić information content (AvgIpc) is 2.64. The highest BCUT2D eigenvalue weighted by molar-refractivity contribution is 5.85. The second-order valence-corrected chi connectivity index (χ2v) is 5.47. The number of amides is 1. The fraction of sp³-hybridized carbons (Fsp3) is 0.316. The molecule has 0 aliphatic carbocycles. The van der Waals surface area contributed by atoms with Gasteiger partial charge < -0.3 is 25.3 Å². The molecular formula is C19H25ClN2O4. The van der Waals surface area contributed by atoms with E-state index in [1.807, 2.05) is 30.3 Å². The van der Waals surface area contributed by atoms with Gasteiger partial charge in [-0.2, -0.15) is 0 Å². The summed E-state index contributed by atoms with van der Waals surface area (Å²) in [5.41, 5.74) is 8.39. The van der Waals surface area contributed by atoms with Crippen molar-refractivity contribution in [2.24, 2.45) is 0 Å². The molecule has 0 atom stereocenters. The number of nitrogens with two attached hydrogens (primary N) is 1. The van der Waals surface area contributed by atoms with E-state index in [4.69, 9.17) is 19.9 Å². The minimum absolute atomic E-state index is 0. The van der Waals surface area contributed by atoms with Crippen LogP contribution in [0.5, 0.6) is 17.2 Å². The fourth-order valence-electron chi connectivity index (χ4n) is 2.59. The Labute approximate surface area is 160 Å². The van der Waals surface area contributed by atoms with E-state index in [1.54, 1.807) is 27.4 Å². The van der Waals surface area contributed by atoms with Crippen LogP contribution in [0.2, 0.25) is 0 Å². The summed E-state index contributed by atoms with van der Waals surface area (Å²) in [7, 11) is 4.67. The Hall–Kier alpha value is -2.60. The summed E-state index contributed by atoms with van der Waals surface area (Å²) < 4.78 is 16.0. The van der Waals surface area contributed by atoms with Gasteiger partial charge in [0.15, 0.2) is 11.5 Å². The van der Waals surface area contributed by atoms with E-state index >= 15 is 0 Å². The molecule has 0 saturated heterocycles. The van der Waals surface area contributed by atoms with E-state index in [-0.39, 0.29) is 18.3 Å². The van der Waals surface area contributed by atoms with E-state index in [2.05, 4.69) is 5.32 Å². The Morgan fingerprint density at radius 2 is 1.65 bits per heavy atom. The number of nitrogen functional groups attached to an aromatic ring is 1. The van der Waals surface area contributed by atoms with Crippen LogP contribution in [0.15, 0.2) is 36.4 Å². The van der Waals surface area contributed by atoms with Crippen LogP contribution in [0.4, 0.5) is 5.69 Å². The first kappa shape index (κ1) is 21.4. The number of carbonyl (C=O) groups is 1. The van der Waals surface area contributed by atoms with E-state index in [1.165, 1.54) is 0 Å². The van der Waals surface area contributed by atoms with Crippen LogP contribution in [-0.2, 0) is 17.8 Å². The molecule has 0 fully saturated rings. The number of hydrogen-bond donors (Lipinski definition) is 2. The molecule has 1 amide bonds. The zero-order valence-electron chi connectivity index (χ0n) is 15.2. The molecule has 0 aromatic heterocycles. The highest BCUT2D eigenvalue weighted by Gasteiger charge is 2.16. The molecule has 0 bridgehead atoms. The molecule has 2 aromatic rings. The first-order valence-corrected chi connectivity index (χ1v) is 7.98. The zero-order chi connectivity index (χ0) is 18.2. The van der Waals surface area contributed by atoms with Crippen molar-refractivity contribution in [3.8, 4) is 17.2 Å². The van der Waals surface area contributed by atoms with Gasteiger partial charge in [-0.1, -0.05) is 18.2 Å². The lowest BCUT2D eigenvalue weighted by Gasteiger charge is -2.16. The highest BCUT2D eigenvalue weighted by atomic mass is 35.5. The van der Waals surface area contributed by atoms with Crippen molar-refractivity contribution in [2.75, 3.05) is 27.1 Å². The summed E-state index contributed by atoms with van der Waals surface area (Å²) in [6, 6.07) is 11.2. The molecule has 2 aromatic carbocycles. The van der Waals surface area contributed by atoms with Crippen molar-refractivity contribution < 1.29 is 19.0 Å². The maximum Gasteiger partial charge on any atom is 0.220 e. The topological polar surface area (TPSA) is 82.8 Å². The van der Waals surface area contributed by atoms with E-state index < -0.39 is 0 Å². The van der Waals surface area contributed by atoms with E-state index in [0.29, 0.717) is 42.3 Å². The van der Waals surface area contributed by atoms with Crippen molar-refractivity contribution in [2.45, 2.75) is 19.4 Å². The normalized spacial score (nSPS) is 9.81. The largest absolute Gasteiger partial charge is 0.493 e. The van der Waals surface area contributed by atoms with Crippen molar-refractivity contribution in [1.82, 2.24) is 5.32 Å². The number of methoxy groups -OCH3 is 3. The van der Waals surface area contributed by atoms with Gasteiger partial charge in [0, 0.05) is 24.2 Å². The van der Waals surface area contributed by atoms with Crippen LogP contribution in [0.1, 0.15) is 17.5 Å². The Balaban J connectivity index is 0.00000338. The van der Waals surface area contributed by atoms with Crippen molar-refractivity contribution >= 4 is 24.0 Å². The number of halogens is 1. The Morgan fingerprint density at radius 1 is 0.962 bits per heavy atom. The lowest BCUT2D eigenvalue weighted by Crippen LogP contribution is -2.23. The van der Waals surface area contributed by atoms with Gasteiger partial charge in [0.1, 0.15) is 0 Å². The maximum absolute atomic E-state index is 12.1. The lowest BCUT2D eigenvalue weighted by atomic mass is 10.1. The first-order valence-electron chi connectivity index (χ1n) is 7.98. The molecule has 2 rings (SSSR count). The van der Waals surface area contributed by atoms with Gasteiger partial charge in [-0.3, -0.25) is 4.79 Å². The quantitative estimate of drug-likeness (QED) is 0.688. The number of benzene rings is 2. The van der Waals surface area contributed by atoms with Gasteiger partial charge in [0.05, 0.1) is 21.3 Å². The average molecular weight is 381 g/mol. The number of carbonyl (C=O) groups excluding carboxylic acids is 1. The fourth-order valence-corrected chi connectivity index (χ4v) is 2.59. The summed E-state index contributed by atoms with van der Waals surface area (Å²) in [6.45, 7) is 0.340. The molecule has 0 heterocycles. The standard InChI is InChI=1S/C19H24N2O4.ClH/c1-23-16-10-8-14(18(24-2)19(16)25-3)12-21-17(22)11-9-13-6-4-5-7-15(13)20;/h4-8,10H,9,11-12,20H2,1-3H3,(H,21,22);1H. The second kappa shape index (κ2) is 10.4. The van der Waals surface area contributed by atoms with Gasteiger partial charge >= 0.3 is 0 Å². The van der Waals surface area contributed by atoms with Gasteiger partial charge in [-0.05, 0) is 30.2 Å². The van der Waals surface area contributed by atoms with Crippen LogP contribution >= 0.6 is 12.4 Å². The molecule has 6 nitrogen and oxygen atoms in total. The zero-order valence-corrected chi connectivity index (χ0v) is 16.0. The van der Waals surface area contributed by atoms with Gasteiger partial charge in [-0.25, -0.2) is 0 Å². The summed E-state index contributed by atoms with van der Waals surface area (Å²) in [5, 5.41) is 2.90. The van der Waals surface area contributed by atoms with Crippen LogP contribution in [0, 0.1) is 0 Å². The van der Waals surface area contributed by atoms with E-state index in [0.717, 1.165) is 11.1 Å². The summed E-state index contributed by atoms with van der Waals surface area (Å²) in [5.74, 6) is 1.58. The molecule has 142 valence electrons. The predicted molar refractivity (Wildman–Crippen MR) is 104 cm³/mol. The third-order valence-corrected chi connectivity index (χ3v) is 3.94. The van der Waals surface area contributed by atoms with Gasteiger partial charge in [0.2, 0.25) is 11.7 Å². The lowest BCUT2D eigenvalue weighted by molar-refractivity contribution is -0.121. The van der Waals surface area contributed by atoms with Crippen molar-refractivity contribution in [3.05, 3.63) is 47.5 Å². The van der Waals surface area contributed by atoms with Crippen LogP contribution in [0.25, 0.3) is 0 Å². The molecule has 26 heavy (non-hydrogen) atoms. The summed E-state index contributed by atoms with van der Waals surface area (Å²) in [4.78, 5) is 12.1. The molecule has 7 heteroatoms. The number of anilines is 1. The molecule has 0 aliphatic rings. The molecule has 0 saturated carbocycles. The number of rotatable bonds is 8. The highest BCUT2D eigenvalue weighted by Crippen LogP contribution is 2.39. The minimum Gasteiger partial charge on any atom is -0.493 e. The van der Waals surface area contributed by atoms with Crippen molar-refractivity contribution in [1.29, 1.82) is 0 Å². The third kappa shape index (κ3) is 5.20. The minimum atomic E-state index is -0.0555. The summed E-state index contributed by atoms with van der Waals surface area (Å²) in [6.07, 6.45) is 0.964. The maximum atomic E-state index is 12.1. The van der Waals surface area contributed by atoms with Crippen LogP contribution < -0.4 is 25.3 Å². The number of para-hydroxylation sites is 1. The number of nitrogens with one attached hydrogen (secondary N) is 1. The van der Waals surface area contributed by atoms with Gasteiger partial charge in [-0.15, -0.1) is 12.4 Å². The van der Waals surface area contributed by atoms with E-state index in [9.17, 15) is 4.79 Å². The Kier molecular flexibility index (Phi) is 8.58. The summed E-state index contributed by atoms with van der Waals surface area (Å²) >= 11 is 0. The van der Waals surface area contributed by atoms with Crippen LogP contribution in [-0.4, -0.2) is 27.2 Å². The third-order valence-electron chi connectivity index (χ3n) is 3.94. The molecule has 0 unspecified atom stereocenters. The van der Waals surface area contributed by atoms with Crippen molar-refractivity contribution in [3.63, 3.8) is 0 Å². The molecule has 0 spiro atoms. The predicted octanol–water partition coefficient (Wildman–Crippen LogP) is 2.97. The van der Waals surface area contributed by atoms with Crippen LogP contribution in [0.3, 0.4) is 0 Å². The number of hydrogen-bond acceptors (Lipinski definition) is 5. The molecule has 3 N–H and O–H groups in total. The molecule has 0 radical (unpaired) electrons. The Morgan fingerprint density at radius 3 is 2.27 bits per heavy atom. The monoisotopic (exact) mass is 380 g/mol. The Bertz CT molecular complexity index is 737. The second-order valence-electron chi connectivity index (χ2n) is 5.47. The number of aryl methyl sites for hydroxylation is 1. The van der Waals surface area contributed by atoms with Gasteiger partial charge in [0.25, 0.3) is 0 Å². The SMILES string of the molecule is COc1ccc(CNC(=O)CCc2ccccc2N)c(OC)c1OC.Cl. The first-order chi connectivity index (χ1) is 12.1. The smallest absolute Gasteiger partial charge is 0.220 e. The number of ether oxygens (including phenoxy) is 3.